The number of aryl methyl sites for hydroxylation is 1. The van der Waals surface area contributed by atoms with Crippen molar-refractivity contribution < 1.29 is 23.3 Å². The molecule has 8 heteroatoms. The van der Waals surface area contributed by atoms with Crippen molar-refractivity contribution in [3.05, 3.63) is 65.5 Å². The molecule has 1 atom stereocenters. The number of ether oxygens (including phenoxy) is 1. The third-order valence-corrected chi connectivity index (χ3v) is 5.40. The Balaban J connectivity index is 1.44. The number of pyridine rings is 1. The number of para-hydroxylation sites is 1. The molecule has 0 aliphatic carbocycles. The van der Waals surface area contributed by atoms with Crippen LogP contribution in [0.15, 0.2) is 57.7 Å². The van der Waals surface area contributed by atoms with E-state index in [4.69, 9.17) is 13.7 Å². The summed E-state index contributed by atoms with van der Waals surface area (Å²) in [6.07, 6.45) is 1.33. The number of amides is 1. The number of fused-ring (bicyclic) bond motifs is 2. The highest BCUT2D eigenvalue weighted by molar-refractivity contribution is 6.06. The quantitative estimate of drug-likeness (QED) is 0.464. The van der Waals surface area contributed by atoms with Crippen LogP contribution in [0.4, 0.5) is 5.69 Å². The van der Waals surface area contributed by atoms with Gasteiger partial charge in [-0.2, -0.15) is 0 Å². The summed E-state index contributed by atoms with van der Waals surface area (Å²) in [5.74, 6) is -0.445. The first-order valence-electron chi connectivity index (χ1n) is 9.94. The number of esters is 1. The second-order valence-corrected chi connectivity index (χ2v) is 7.40. The van der Waals surface area contributed by atoms with E-state index in [2.05, 4.69) is 10.1 Å². The van der Waals surface area contributed by atoms with E-state index in [9.17, 15) is 9.59 Å². The van der Waals surface area contributed by atoms with Gasteiger partial charge in [-0.1, -0.05) is 23.4 Å². The first kappa shape index (κ1) is 19.0. The van der Waals surface area contributed by atoms with E-state index >= 15 is 0 Å². The number of hydrogen-bond donors (Lipinski definition) is 0. The van der Waals surface area contributed by atoms with Crippen molar-refractivity contribution in [2.45, 2.75) is 26.4 Å². The average molecular weight is 417 g/mol. The molecule has 3 aromatic heterocycles. The summed E-state index contributed by atoms with van der Waals surface area (Å²) in [7, 11) is 0. The third-order valence-electron chi connectivity index (χ3n) is 5.40. The van der Waals surface area contributed by atoms with Crippen molar-refractivity contribution in [3.8, 4) is 11.5 Å². The molecule has 0 N–H and O–H groups in total. The van der Waals surface area contributed by atoms with E-state index in [-0.39, 0.29) is 17.2 Å². The number of nitrogens with zero attached hydrogens (tertiary/aromatic N) is 3. The predicted octanol–water partition coefficient (Wildman–Crippen LogP) is 3.93. The number of rotatable bonds is 4. The Bertz CT molecular complexity index is 1290. The van der Waals surface area contributed by atoms with Crippen LogP contribution in [0, 0.1) is 6.92 Å². The van der Waals surface area contributed by atoms with Crippen molar-refractivity contribution in [1.29, 1.82) is 0 Å². The van der Waals surface area contributed by atoms with Crippen molar-refractivity contribution in [3.63, 3.8) is 0 Å². The lowest BCUT2D eigenvalue weighted by Crippen LogP contribution is -2.39. The maximum absolute atomic E-state index is 13.1. The van der Waals surface area contributed by atoms with Crippen LogP contribution in [0.25, 0.3) is 22.6 Å². The lowest BCUT2D eigenvalue weighted by Gasteiger charge is -2.21. The summed E-state index contributed by atoms with van der Waals surface area (Å²) < 4.78 is 16.2. The monoisotopic (exact) mass is 417 g/mol. The van der Waals surface area contributed by atoms with E-state index < -0.39 is 12.1 Å². The van der Waals surface area contributed by atoms with Crippen LogP contribution in [0.3, 0.4) is 0 Å². The Hall–Kier alpha value is -3.94. The number of hydrogen-bond acceptors (Lipinski definition) is 7. The molecule has 1 aliphatic rings. The highest BCUT2D eigenvalue weighted by Gasteiger charge is 2.31. The minimum atomic E-state index is -0.964. The SMILES string of the molecule is Cc1noc2nc(-c3ccco3)cc(C(=O)O[C@H](C)C(=O)N3CCc4ccccc43)c12. The first-order valence-corrected chi connectivity index (χ1v) is 9.94. The minimum absolute atomic E-state index is 0.200. The van der Waals surface area contributed by atoms with Gasteiger partial charge in [0.2, 0.25) is 0 Å². The number of benzene rings is 1. The molecule has 0 radical (unpaired) electrons. The Morgan fingerprint density at radius 3 is 2.84 bits per heavy atom. The minimum Gasteiger partial charge on any atom is -0.463 e. The summed E-state index contributed by atoms with van der Waals surface area (Å²) in [6.45, 7) is 3.85. The lowest BCUT2D eigenvalue weighted by molar-refractivity contribution is -0.126. The van der Waals surface area contributed by atoms with Gasteiger partial charge in [0.05, 0.1) is 22.9 Å². The largest absolute Gasteiger partial charge is 0.463 e. The maximum Gasteiger partial charge on any atom is 0.339 e. The maximum atomic E-state index is 13.1. The highest BCUT2D eigenvalue weighted by Crippen LogP contribution is 2.30. The first-order chi connectivity index (χ1) is 15.0. The molecule has 0 saturated heterocycles. The fourth-order valence-electron chi connectivity index (χ4n) is 3.87. The van der Waals surface area contributed by atoms with Gasteiger partial charge >= 0.3 is 5.97 Å². The average Bonchev–Trinajstić information content (AvgIpc) is 3.52. The smallest absolute Gasteiger partial charge is 0.339 e. The van der Waals surface area contributed by atoms with E-state index in [0.29, 0.717) is 29.1 Å². The molecule has 0 bridgehead atoms. The van der Waals surface area contributed by atoms with E-state index in [1.807, 2.05) is 24.3 Å². The number of furan rings is 1. The topological polar surface area (TPSA) is 98.7 Å². The number of aromatic nitrogens is 2. The molecule has 31 heavy (non-hydrogen) atoms. The summed E-state index contributed by atoms with van der Waals surface area (Å²) in [6, 6.07) is 12.7. The normalized spacial score (nSPS) is 13.9. The molecule has 1 aliphatic heterocycles. The van der Waals surface area contributed by atoms with Crippen LogP contribution in [0.2, 0.25) is 0 Å². The molecule has 1 aromatic carbocycles. The van der Waals surface area contributed by atoms with E-state index in [1.54, 1.807) is 36.9 Å². The Morgan fingerprint density at radius 1 is 1.19 bits per heavy atom. The zero-order chi connectivity index (χ0) is 21.5. The molecule has 4 heterocycles. The van der Waals surface area contributed by atoms with Gasteiger partial charge in [0, 0.05) is 12.2 Å². The Labute approximate surface area is 177 Å². The molecule has 156 valence electrons. The molecule has 1 amide bonds. The van der Waals surface area contributed by atoms with Crippen LogP contribution >= 0.6 is 0 Å². The molecular formula is C23H19N3O5. The fraction of sp³-hybridized carbons (Fsp3) is 0.217. The fourth-order valence-corrected chi connectivity index (χ4v) is 3.87. The number of carbonyl (C=O) groups excluding carboxylic acids is 2. The van der Waals surface area contributed by atoms with Gasteiger partial charge in [-0.05, 0) is 50.1 Å². The van der Waals surface area contributed by atoms with Crippen molar-refractivity contribution in [2.75, 3.05) is 11.4 Å². The molecule has 0 unspecified atom stereocenters. The molecule has 8 nitrogen and oxygen atoms in total. The highest BCUT2D eigenvalue weighted by atomic mass is 16.5. The summed E-state index contributed by atoms with van der Waals surface area (Å²) in [4.78, 5) is 32.1. The van der Waals surface area contributed by atoms with Gasteiger partial charge in [-0.3, -0.25) is 4.79 Å². The van der Waals surface area contributed by atoms with Crippen LogP contribution < -0.4 is 4.90 Å². The standard InChI is InChI=1S/C23H19N3O5/c1-13-20-16(12-17(19-8-5-11-29-19)24-21(20)31-25-13)23(28)30-14(2)22(27)26-10-9-15-6-3-4-7-18(15)26/h3-8,11-12,14H,9-10H2,1-2H3/t14-/m1/s1. The Morgan fingerprint density at radius 2 is 2.03 bits per heavy atom. The Kier molecular flexibility index (Phi) is 4.54. The summed E-state index contributed by atoms with van der Waals surface area (Å²) in [5, 5.41) is 4.36. The van der Waals surface area contributed by atoms with Gasteiger partial charge in [-0.25, -0.2) is 9.78 Å². The van der Waals surface area contributed by atoms with Gasteiger partial charge in [-0.15, -0.1) is 0 Å². The van der Waals surface area contributed by atoms with E-state index in [0.717, 1.165) is 17.7 Å². The second kappa shape index (κ2) is 7.39. The van der Waals surface area contributed by atoms with Gasteiger partial charge in [0.15, 0.2) is 11.9 Å². The van der Waals surface area contributed by atoms with Gasteiger partial charge < -0.3 is 18.6 Å². The molecular weight excluding hydrogens is 398 g/mol. The molecule has 4 aromatic rings. The summed E-state index contributed by atoms with van der Waals surface area (Å²) in [5.41, 5.74) is 3.30. The lowest BCUT2D eigenvalue weighted by atomic mass is 10.1. The summed E-state index contributed by atoms with van der Waals surface area (Å²) >= 11 is 0. The molecule has 0 spiro atoms. The third kappa shape index (κ3) is 3.26. The van der Waals surface area contributed by atoms with Gasteiger partial charge in [0.25, 0.3) is 11.6 Å². The number of carbonyl (C=O) groups is 2. The zero-order valence-electron chi connectivity index (χ0n) is 17.0. The van der Waals surface area contributed by atoms with Crippen LogP contribution in [-0.4, -0.2) is 34.7 Å². The molecule has 0 saturated carbocycles. The van der Waals surface area contributed by atoms with Crippen LogP contribution in [0.5, 0.6) is 0 Å². The molecule has 5 rings (SSSR count). The zero-order valence-corrected chi connectivity index (χ0v) is 17.0. The number of anilines is 1. The predicted molar refractivity (Wildman–Crippen MR) is 112 cm³/mol. The van der Waals surface area contributed by atoms with Crippen molar-refractivity contribution in [1.82, 2.24) is 10.1 Å². The van der Waals surface area contributed by atoms with Crippen LogP contribution in [-0.2, 0) is 16.0 Å². The van der Waals surface area contributed by atoms with Gasteiger partial charge in [0.1, 0.15) is 5.69 Å². The molecule has 0 fully saturated rings. The second-order valence-electron chi connectivity index (χ2n) is 7.40. The van der Waals surface area contributed by atoms with Crippen molar-refractivity contribution >= 4 is 28.7 Å². The van der Waals surface area contributed by atoms with Crippen molar-refractivity contribution in [2.24, 2.45) is 0 Å². The van der Waals surface area contributed by atoms with Crippen LogP contribution in [0.1, 0.15) is 28.5 Å². The van der Waals surface area contributed by atoms with E-state index in [1.165, 1.54) is 6.26 Å².